The van der Waals surface area contributed by atoms with Crippen LogP contribution in [0.4, 0.5) is 0 Å². The van der Waals surface area contributed by atoms with E-state index < -0.39 is 5.41 Å². The highest BCUT2D eigenvalue weighted by molar-refractivity contribution is 6.65. The Bertz CT molecular complexity index is 352. The van der Waals surface area contributed by atoms with E-state index in [9.17, 15) is 4.79 Å². The summed E-state index contributed by atoms with van der Waals surface area (Å²) in [5.74, 6) is 0. The van der Waals surface area contributed by atoms with Crippen LogP contribution in [0, 0.1) is 0 Å². The van der Waals surface area contributed by atoms with Crippen molar-refractivity contribution in [3.05, 3.63) is 34.9 Å². The molecule has 0 spiro atoms. The highest BCUT2D eigenvalue weighted by Gasteiger charge is 2.44. The monoisotopic (exact) mass is 228 g/mol. The molecule has 0 heterocycles. The summed E-state index contributed by atoms with van der Waals surface area (Å²) in [5, 5.41) is 0.441. The van der Waals surface area contributed by atoms with Gasteiger partial charge in [-0.15, -0.1) is 0 Å². The van der Waals surface area contributed by atoms with E-state index in [4.69, 9.17) is 23.2 Å². The maximum Gasteiger partial charge on any atom is 0.232 e. The molecule has 0 saturated heterocycles. The normalized spacial score (nSPS) is 18.7. The molecule has 0 aromatic heterocycles. The lowest BCUT2D eigenvalue weighted by Crippen LogP contribution is -2.39. The Labute approximate surface area is 93.0 Å². The van der Waals surface area contributed by atoms with E-state index in [0.29, 0.717) is 5.02 Å². The van der Waals surface area contributed by atoms with Crippen LogP contribution >= 0.6 is 23.2 Å². The Hall–Kier alpha value is -0.530. The number of rotatable bonds is 2. The predicted molar refractivity (Wildman–Crippen MR) is 57.8 cm³/mol. The fourth-order valence-electron chi connectivity index (χ4n) is 1.90. The second-order valence-electron chi connectivity index (χ2n) is 3.72. The fraction of sp³-hybridized carbons (Fsp3) is 0.364. The lowest BCUT2D eigenvalue weighted by atomic mass is 9.65. The smallest absolute Gasteiger partial charge is 0.232 e. The van der Waals surface area contributed by atoms with Gasteiger partial charge < -0.3 is 0 Å². The molecule has 1 aromatic carbocycles. The molecule has 0 amide bonds. The molecule has 1 fully saturated rings. The van der Waals surface area contributed by atoms with Gasteiger partial charge >= 0.3 is 0 Å². The van der Waals surface area contributed by atoms with E-state index in [1.54, 1.807) is 12.1 Å². The number of carbonyl (C=O) groups excluding carboxylic acids is 1. The van der Waals surface area contributed by atoms with Crippen LogP contribution in [0.5, 0.6) is 0 Å². The van der Waals surface area contributed by atoms with Crippen LogP contribution in [-0.2, 0) is 10.2 Å². The molecule has 1 aromatic rings. The van der Waals surface area contributed by atoms with Crippen molar-refractivity contribution in [1.82, 2.24) is 0 Å². The van der Waals surface area contributed by atoms with Gasteiger partial charge in [0.05, 0.1) is 5.41 Å². The zero-order valence-electron chi connectivity index (χ0n) is 7.59. The summed E-state index contributed by atoms with van der Waals surface area (Å²) in [7, 11) is 0. The largest absolute Gasteiger partial charge is 0.280 e. The van der Waals surface area contributed by atoms with Crippen molar-refractivity contribution in [2.45, 2.75) is 24.7 Å². The molecule has 1 aliphatic rings. The molecular weight excluding hydrogens is 219 g/mol. The predicted octanol–water partition coefficient (Wildman–Crippen LogP) is 3.53. The first-order valence-electron chi connectivity index (χ1n) is 4.61. The molecule has 74 valence electrons. The number of halogens is 2. The van der Waals surface area contributed by atoms with Gasteiger partial charge in [0.2, 0.25) is 5.24 Å². The summed E-state index contributed by atoms with van der Waals surface area (Å²) in [4.78, 5) is 11.4. The summed E-state index contributed by atoms with van der Waals surface area (Å²) in [6.45, 7) is 0. The van der Waals surface area contributed by atoms with Crippen molar-refractivity contribution in [3.8, 4) is 0 Å². The molecule has 1 aliphatic carbocycles. The fourth-order valence-corrected chi connectivity index (χ4v) is 2.32. The van der Waals surface area contributed by atoms with Crippen LogP contribution in [0.3, 0.4) is 0 Å². The van der Waals surface area contributed by atoms with Crippen LogP contribution in [0.25, 0.3) is 0 Å². The zero-order valence-corrected chi connectivity index (χ0v) is 9.11. The first-order chi connectivity index (χ1) is 6.65. The molecular formula is C11H10Cl2O. The number of hydrogen-bond acceptors (Lipinski definition) is 1. The third-order valence-electron chi connectivity index (χ3n) is 2.98. The quantitative estimate of drug-likeness (QED) is 0.709. The van der Waals surface area contributed by atoms with E-state index in [1.165, 1.54) is 0 Å². The van der Waals surface area contributed by atoms with Gasteiger partial charge in [-0.25, -0.2) is 0 Å². The van der Waals surface area contributed by atoms with Gasteiger partial charge in [-0.3, -0.25) is 4.79 Å². The summed E-state index contributed by atoms with van der Waals surface area (Å²) in [5.41, 5.74) is 0.569. The van der Waals surface area contributed by atoms with Gasteiger partial charge in [-0.05, 0) is 42.1 Å². The maximum atomic E-state index is 11.4. The average molecular weight is 229 g/mol. The van der Waals surface area contributed by atoms with Gasteiger partial charge in [0, 0.05) is 5.02 Å². The molecule has 0 N–H and O–H groups in total. The lowest BCUT2D eigenvalue weighted by molar-refractivity contribution is -0.119. The van der Waals surface area contributed by atoms with Crippen LogP contribution in [0.15, 0.2) is 24.3 Å². The highest BCUT2D eigenvalue weighted by Crippen LogP contribution is 2.45. The Morgan fingerprint density at radius 1 is 1.21 bits per heavy atom. The van der Waals surface area contributed by atoms with Crippen molar-refractivity contribution >= 4 is 28.4 Å². The molecule has 2 rings (SSSR count). The summed E-state index contributed by atoms with van der Waals surface area (Å²) in [6.07, 6.45) is 2.79. The Balaban J connectivity index is 2.37. The first-order valence-corrected chi connectivity index (χ1v) is 5.37. The summed E-state index contributed by atoms with van der Waals surface area (Å²) >= 11 is 11.4. The van der Waals surface area contributed by atoms with E-state index in [-0.39, 0.29) is 5.24 Å². The molecule has 0 aliphatic heterocycles. The maximum absolute atomic E-state index is 11.4. The molecule has 0 radical (unpaired) electrons. The van der Waals surface area contributed by atoms with Crippen molar-refractivity contribution < 1.29 is 4.79 Å². The molecule has 0 bridgehead atoms. The number of carbonyl (C=O) groups is 1. The Morgan fingerprint density at radius 3 is 2.14 bits per heavy atom. The van der Waals surface area contributed by atoms with Crippen LogP contribution in [0.2, 0.25) is 5.02 Å². The van der Waals surface area contributed by atoms with E-state index in [1.807, 2.05) is 12.1 Å². The van der Waals surface area contributed by atoms with Crippen molar-refractivity contribution in [1.29, 1.82) is 0 Å². The molecule has 14 heavy (non-hydrogen) atoms. The van der Waals surface area contributed by atoms with Crippen molar-refractivity contribution in [3.63, 3.8) is 0 Å². The summed E-state index contributed by atoms with van der Waals surface area (Å²) in [6, 6.07) is 7.39. The molecule has 1 saturated carbocycles. The van der Waals surface area contributed by atoms with Crippen LogP contribution < -0.4 is 0 Å². The van der Waals surface area contributed by atoms with Crippen molar-refractivity contribution in [2.24, 2.45) is 0 Å². The first kappa shape index (κ1) is 10.0. The second-order valence-corrected chi connectivity index (χ2v) is 4.50. The average Bonchev–Trinajstić information content (AvgIpc) is 2.05. The third kappa shape index (κ3) is 1.45. The number of benzene rings is 1. The SMILES string of the molecule is O=C(Cl)C1(c2ccc(Cl)cc2)CCC1. The Morgan fingerprint density at radius 2 is 1.79 bits per heavy atom. The zero-order chi connectivity index (χ0) is 10.2. The lowest BCUT2D eigenvalue weighted by Gasteiger charge is -2.38. The molecule has 3 heteroatoms. The van der Waals surface area contributed by atoms with Gasteiger partial charge in [0.25, 0.3) is 0 Å². The summed E-state index contributed by atoms with van der Waals surface area (Å²) < 4.78 is 0. The van der Waals surface area contributed by atoms with E-state index >= 15 is 0 Å². The third-order valence-corrected chi connectivity index (χ3v) is 3.59. The minimum atomic E-state index is -0.424. The van der Waals surface area contributed by atoms with E-state index in [2.05, 4.69) is 0 Å². The van der Waals surface area contributed by atoms with Gasteiger partial charge in [0.1, 0.15) is 0 Å². The number of hydrogen-bond donors (Lipinski definition) is 0. The minimum absolute atomic E-state index is 0.244. The van der Waals surface area contributed by atoms with Crippen LogP contribution in [-0.4, -0.2) is 5.24 Å². The van der Waals surface area contributed by atoms with Crippen LogP contribution in [0.1, 0.15) is 24.8 Å². The van der Waals surface area contributed by atoms with E-state index in [0.717, 1.165) is 24.8 Å². The van der Waals surface area contributed by atoms with Gasteiger partial charge in [0.15, 0.2) is 0 Å². The minimum Gasteiger partial charge on any atom is -0.280 e. The topological polar surface area (TPSA) is 17.1 Å². The molecule has 1 nitrogen and oxygen atoms in total. The standard InChI is InChI=1S/C11H10Cl2O/c12-9-4-2-8(3-5-9)11(10(13)14)6-1-7-11/h2-5H,1,6-7H2. The second kappa shape index (κ2) is 3.56. The molecule has 0 unspecified atom stereocenters. The van der Waals surface area contributed by atoms with Gasteiger partial charge in [-0.2, -0.15) is 0 Å². The van der Waals surface area contributed by atoms with Crippen molar-refractivity contribution in [2.75, 3.05) is 0 Å². The Kier molecular flexibility index (Phi) is 2.54. The van der Waals surface area contributed by atoms with Gasteiger partial charge in [-0.1, -0.05) is 30.2 Å². The molecule has 0 atom stereocenters. The highest BCUT2D eigenvalue weighted by atomic mass is 35.5.